The number of rotatable bonds is 3. The van der Waals surface area contributed by atoms with Gasteiger partial charge in [0.25, 0.3) is 0 Å². The minimum atomic E-state index is -3.44. The van der Waals surface area contributed by atoms with Crippen LogP contribution in [-0.2, 0) is 30.1 Å². The van der Waals surface area contributed by atoms with Gasteiger partial charge >= 0.3 is 11.8 Å². The number of hydrogen-bond donors (Lipinski definition) is 0. The van der Waals surface area contributed by atoms with Crippen molar-refractivity contribution in [2.45, 2.75) is 5.75 Å². The fraction of sp³-hybridized carbons (Fsp3) is 0.529. The summed E-state index contributed by atoms with van der Waals surface area (Å²) in [5.41, 5.74) is 0.730. The van der Waals surface area contributed by atoms with Gasteiger partial charge in [0, 0.05) is 39.3 Å². The molecule has 9 heteroatoms. The number of carbonyl (C=O) groups excluding carboxylic acids is 2. The normalized spacial score (nSPS) is 19.4. The molecule has 0 atom stereocenters. The first-order chi connectivity index (χ1) is 12.5. The van der Waals surface area contributed by atoms with E-state index in [1.54, 1.807) is 24.3 Å². The molecule has 0 aromatic heterocycles. The predicted molar refractivity (Wildman–Crippen MR) is 94.6 cm³/mol. The van der Waals surface area contributed by atoms with Crippen LogP contribution in [0.3, 0.4) is 0 Å². The van der Waals surface area contributed by atoms with E-state index in [9.17, 15) is 18.0 Å². The maximum Gasteiger partial charge on any atom is 0.312 e. The lowest BCUT2D eigenvalue weighted by Gasteiger charge is -2.35. The van der Waals surface area contributed by atoms with Crippen molar-refractivity contribution < 1.29 is 22.7 Å². The molecule has 3 rings (SSSR count). The van der Waals surface area contributed by atoms with E-state index in [0.29, 0.717) is 26.3 Å². The second-order valence-corrected chi connectivity index (χ2v) is 8.31. The number of hydrogen-bond acceptors (Lipinski definition) is 5. The quantitative estimate of drug-likeness (QED) is 0.660. The van der Waals surface area contributed by atoms with E-state index in [1.807, 2.05) is 6.07 Å². The zero-order valence-electron chi connectivity index (χ0n) is 14.5. The predicted octanol–water partition coefficient (Wildman–Crippen LogP) is -0.481. The first-order valence-corrected chi connectivity index (χ1v) is 10.3. The van der Waals surface area contributed by atoms with Crippen molar-refractivity contribution in [3.05, 3.63) is 35.9 Å². The van der Waals surface area contributed by atoms with Gasteiger partial charge in [0.1, 0.15) is 0 Å². The topological polar surface area (TPSA) is 87.2 Å². The molecule has 2 aliphatic heterocycles. The number of morpholine rings is 1. The van der Waals surface area contributed by atoms with E-state index in [-0.39, 0.29) is 31.9 Å². The van der Waals surface area contributed by atoms with Gasteiger partial charge in [-0.05, 0) is 5.56 Å². The zero-order valence-corrected chi connectivity index (χ0v) is 15.4. The second kappa shape index (κ2) is 8.15. The molecule has 0 bridgehead atoms. The van der Waals surface area contributed by atoms with E-state index in [4.69, 9.17) is 4.74 Å². The summed E-state index contributed by atoms with van der Waals surface area (Å²) >= 11 is 0. The summed E-state index contributed by atoms with van der Waals surface area (Å²) in [6.07, 6.45) is 0. The molecular weight excluding hydrogens is 358 g/mol. The van der Waals surface area contributed by atoms with E-state index in [0.717, 1.165) is 5.56 Å². The molecule has 1 aromatic carbocycles. The molecule has 0 N–H and O–H groups in total. The fourth-order valence-corrected chi connectivity index (χ4v) is 4.60. The third-order valence-corrected chi connectivity index (χ3v) is 6.44. The molecule has 0 saturated carbocycles. The van der Waals surface area contributed by atoms with Crippen LogP contribution in [0, 0.1) is 0 Å². The van der Waals surface area contributed by atoms with Crippen molar-refractivity contribution in [3.63, 3.8) is 0 Å². The SMILES string of the molecule is O=C(C(=O)N1CCN(S(=O)(=O)Cc2ccccc2)CC1)N1CCOCC1. The van der Waals surface area contributed by atoms with Crippen LogP contribution in [0.4, 0.5) is 0 Å². The number of benzene rings is 1. The summed E-state index contributed by atoms with van der Waals surface area (Å²) in [5.74, 6) is -1.16. The maximum atomic E-state index is 12.5. The first-order valence-electron chi connectivity index (χ1n) is 8.65. The van der Waals surface area contributed by atoms with Crippen LogP contribution in [0.25, 0.3) is 0 Å². The Morgan fingerprint density at radius 3 is 1.96 bits per heavy atom. The van der Waals surface area contributed by atoms with Gasteiger partial charge in [0.15, 0.2) is 0 Å². The molecule has 2 saturated heterocycles. The Balaban J connectivity index is 1.55. The van der Waals surface area contributed by atoms with Crippen LogP contribution in [0.1, 0.15) is 5.56 Å². The lowest BCUT2D eigenvalue weighted by atomic mass is 10.2. The molecule has 0 radical (unpaired) electrons. The minimum absolute atomic E-state index is 0.0610. The number of ether oxygens (including phenoxy) is 1. The second-order valence-electron chi connectivity index (χ2n) is 6.34. The number of amides is 2. The summed E-state index contributed by atoms with van der Waals surface area (Å²) in [4.78, 5) is 27.6. The monoisotopic (exact) mass is 381 g/mol. The van der Waals surface area contributed by atoms with Crippen LogP contribution in [0.15, 0.2) is 30.3 Å². The molecule has 26 heavy (non-hydrogen) atoms. The summed E-state index contributed by atoms with van der Waals surface area (Å²) < 4.78 is 31.7. The molecule has 2 fully saturated rings. The Hall–Kier alpha value is -1.97. The molecule has 2 aliphatic rings. The van der Waals surface area contributed by atoms with Gasteiger partial charge in [-0.1, -0.05) is 30.3 Å². The lowest BCUT2D eigenvalue weighted by molar-refractivity contribution is -0.154. The van der Waals surface area contributed by atoms with Gasteiger partial charge in [-0.15, -0.1) is 0 Å². The molecule has 0 spiro atoms. The largest absolute Gasteiger partial charge is 0.378 e. The Labute approximate surface area is 153 Å². The third-order valence-electron chi connectivity index (χ3n) is 4.59. The highest BCUT2D eigenvalue weighted by Gasteiger charge is 2.33. The van der Waals surface area contributed by atoms with E-state index in [1.165, 1.54) is 14.1 Å². The molecular formula is C17H23N3O5S. The Morgan fingerprint density at radius 2 is 1.38 bits per heavy atom. The number of carbonyl (C=O) groups is 2. The minimum Gasteiger partial charge on any atom is -0.378 e. The molecule has 8 nitrogen and oxygen atoms in total. The highest BCUT2D eigenvalue weighted by Crippen LogP contribution is 2.14. The van der Waals surface area contributed by atoms with Gasteiger partial charge in [-0.25, -0.2) is 8.42 Å². The van der Waals surface area contributed by atoms with Gasteiger partial charge in [0.2, 0.25) is 10.0 Å². The first kappa shape index (κ1) is 18.8. The summed E-state index contributed by atoms with van der Waals surface area (Å²) in [6, 6.07) is 9.00. The Morgan fingerprint density at radius 1 is 0.846 bits per heavy atom. The van der Waals surface area contributed by atoms with Crippen molar-refractivity contribution in [1.29, 1.82) is 0 Å². The van der Waals surface area contributed by atoms with Crippen LogP contribution in [-0.4, -0.2) is 86.8 Å². The van der Waals surface area contributed by atoms with Crippen molar-refractivity contribution >= 4 is 21.8 Å². The highest BCUT2D eigenvalue weighted by molar-refractivity contribution is 7.88. The molecule has 1 aromatic rings. The average Bonchev–Trinajstić information content (AvgIpc) is 2.68. The van der Waals surface area contributed by atoms with E-state index >= 15 is 0 Å². The Bertz CT molecular complexity index is 739. The van der Waals surface area contributed by atoms with Crippen LogP contribution >= 0.6 is 0 Å². The van der Waals surface area contributed by atoms with Crippen molar-refractivity contribution in [3.8, 4) is 0 Å². The van der Waals surface area contributed by atoms with Gasteiger partial charge in [-0.3, -0.25) is 9.59 Å². The molecule has 2 heterocycles. The summed E-state index contributed by atoms with van der Waals surface area (Å²) in [5, 5.41) is 0. The standard InChI is InChI=1S/C17H23N3O5S/c21-16(17(22)19-10-12-25-13-11-19)18-6-8-20(9-7-18)26(23,24)14-15-4-2-1-3-5-15/h1-5H,6-14H2. The molecule has 0 unspecified atom stereocenters. The smallest absolute Gasteiger partial charge is 0.312 e. The van der Waals surface area contributed by atoms with Gasteiger partial charge in [0.05, 0.1) is 19.0 Å². The lowest BCUT2D eigenvalue weighted by Crippen LogP contribution is -2.55. The van der Waals surface area contributed by atoms with Crippen LogP contribution < -0.4 is 0 Å². The van der Waals surface area contributed by atoms with Crippen LogP contribution in [0.2, 0.25) is 0 Å². The molecule has 142 valence electrons. The average molecular weight is 381 g/mol. The highest BCUT2D eigenvalue weighted by atomic mass is 32.2. The van der Waals surface area contributed by atoms with Crippen molar-refractivity contribution in [2.75, 3.05) is 52.5 Å². The summed E-state index contributed by atoms with van der Waals surface area (Å²) in [6.45, 7) is 2.56. The van der Waals surface area contributed by atoms with Gasteiger partial charge in [-0.2, -0.15) is 4.31 Å². The van der Waals surface area contributed by atoms with Crippen molar-refractivity contribution in [1.82, 2.24) is 14.1 Å². The fourth-order valence-electron chi connectivity index (χ4n) is 3.08. The number of piperazine rings is 1. The molecule has 0 aliphatic carbocycles. The molecule has 2 amide bonds. The van der Waals surface area contributed by atoms with Crippen LogP contribution in [0.5, 0.6) is 0 Å². The Kier molecular flexibility index (Phi) is 5.90. The van der Waals surface area contributed by atoms with Gasteiger partial charge < -0.3 is 14.5 Å². The van der Waals surface area contributed by atoms with E-state index in [2.05, 4.69) is 0 Å². The number of sulfonamides is 1. The zero-order chi connectivity index (χ0) is 18.6. The maximum absolute atomic E-state index is 12.5. The number of nitrogens with zero attached hydrogens (tertiary/aromatic N) is 3. The summed E-state index contributed by atoms with van der Waals surface area (Å²) in [7, 11) is -3.44. The third kappa shape index (κ3) is 4.40. The van der Waals surface area contributed by atoms with Crippen molar-refractivity contribution in [2.24, 2.45) is 0 Å². The van der Waals surface area contributed by atoms with E-state index < -0.39 is 21.8 Å².